The van der Waals surface area contributed by atoms with E-state index in [9.17, 15) is 0 Å². The van der Waals surface area contributed by atoms with Gasteiger partial charge in [0.25, 0.3) is 0 Å². The zero-order chi connectivity index (χ0) is 37.0. The van der Waals surface area contributed by atoms with Crippen molar-refractivity contribution in [2.45, 2.75) is 0 Å². The first kappa shape index (κ1) is 31.9. The zero-order valence-corrected chi connectivity index (χ0v) is 30.3. The van der Waals surface area contributed by atoms with Gasteiger partial charge in [-0.25, -0.2) is 9.97 Å². The van der Waals surface area contributed by atoms with Gasteiger partial charge in [0, 0.05) is 50.9 Å². The van der Waals surface area contributed by atoms with Crippen molar-refractivity contribution in [2.24, 2.45) is 0 Å². The normalized spacial score (nSPS) is 11.6. The van der Waals surface area contributed by atoms with E-state index >= 15 is 0 Å². The van der Waals surface area contributed by atoms with Gasteiger partial charge in [0.1, 0.15) is 5.65 Å². The molecule has 5 heterocycles. The summed E-state index contributed by atoms with van der Waals surface area (Å²) in [4.78, 5) is 14.6. The highest BCUT2D eigenvalue weighted by Gasteiger charge is 2.17. The summed E-state index contributed by atoms with van der Waals surface area (Å²) in [5.74, 6) is 0. The molecule has 0 aliphatic carbocycles. The molecular formula is C51H33N5. The monoisotopic (exact) mass is 715 g/mol. The highest BCUT2D eigenvalue weighted by atomic mass is 15.0. The van der Waals surface area contributed by atoms with Crippen LogP contribution in [-0.2, 0) is 0 Å². The zero-order valence-electron chi connectivity index (χ0n) is 30.3. The number of benzene rings is 6. The van der Waals surface area contributed by atoms with Crippen molar-refractivity contribution >= 4 is 43.7 Å². The van der Waals surface area contributed by atoms with E-state index in [0.29, 0.717) is 0 Å². The summed E-state index contributed by atoms with van der Waals surface area (Å²) in [5, 5.41) is 4.76. The van der Waals surface area contributed by atoms with Crippen molar-refractivity contribution in [3.05, 3.63) is 200 Å². The molecule has 11 rings (SSSR count). The molecule has 6 aromatic carbocycles. The largest absolute Gasteiger partial charge is 0.309 e. The first-order valence-corrected chi connectivity index (χ1v) is 18.8. The predicted molar refractivity (Wildman–Crippen MR) is 230 cm³/mol. The Bertz CT molecular complexity index is 3180. The summed E-state index contributed by atoms with van der Waals surface area (Å²) < 4.78 is 4.68. The molecule has 0 N–H and O–H groups in total. The first-order valence-electron chi connectivity index (χ1n) is 18.8. The van der Waals surface area contributed by atoms with Crippen LogP contribution in [0.15, 0.2) is 200 Å². The lowest BCUT2D eigenvalue weighted by atomic mass is 10.0. The van der Waals surface area contributed by atoms with Crippen LogP contribution >= 0.6 is 0 Å². The molecule has 0 radical (unpaired) electrons. The van der Waals surface area contributed by atoms with Gasteiger partial charge < -0.3 is 4.57 Å². The van der Waals surface area contributed by atoms with Gasteiger partial charge in [-0.05, 0) is 101 Å². The third kappa shape index (κ3) is 5.29. The van der Waals surface area contributed by atoms with E-state index in [1.54, 1.807) is 0 Å². The van der Waals surface area contributed by atoms with Gasteiger partial charge in [-0.15, -0.1) is 0 Å². The summed E-state index contributed by atoms with van der Waals surface area (Å²) in [6, 6.07) is 66.6. The number of aromatic nitrogens is 5. The van der Waals surface area contributed by atoms with Crippen LogP contribution < -0.4 is 0 Å². The summed E-state index contributed by atoms with van der Waals surface area (Å²) in [6.07, 6.45) is 3.70. The Labute approximate surface area is 323 Å². The standard InChI is InChI=1S/C51H33N5/c1-3-13-34(14-4-1)46-30-38(31-47(54-46)45-21-9-10-27-52-45)35-15-11-18-40(29-35)55-48-22-8-7-19-41(48)42-25-23-36(32-49(42)55)37-24-26-43-44-20-12-28-53-51(44)56(50(43)33-37)39-16-5-2-6-17-39/h1-33H. The summed E-state index contributed by atoms with van der Waals surface area (Å²) >= 11 is 0. The van der Waals surface area contributed by atoms with Crippen LogP contribution in [0.2, 0.25) is 0 Å². The van der Waals surface area contributed by atoms with Crippen molar-refractivity contribution in [1.29, 1.82) is 0 Å². The van der Waals surface area contributed by atoms with Crippen LogP contribution in [0, 0.1) is 0 Å². The van der Waals surface area contributed by atoms with Crippen molar-refractivity contribution in [2.75, 3.05) is 0 Å². The summed E-state index contributed by atoms with van der Waals surface area (Å²) in [7, 11) is 0. The van der Waals surface area contributed by atoms with Crippen molar-refractivity contribution in [1.82, 2.24) is 24.1 Å². The second kappa shape index (κ2) is 13.0. The SMILES string of the molecule is c1ccc(-c2cc(-c3cccc(-n4c5ccccc5c5ccc(-c6ccc7c8cccnc8n(-c8ccccc8)c7c6)cc54)c3)cc(-c3ccccn3)n2)cc1. The van der Waals surface area contributed by atoms with E-state index < -0.39 is 0 Å². The average Bonchev–Trinajstić information content (AvgIpc) is 3.79. The Hall–Kier alpha value is -7.63. The minimum Gasteiger partial charge on any atom is -0.309 e. The van der Waals surface area contributed by atoms with Crippen LogP contribution in [0.1, 0.15) is 0 Å². The second-order valence-electron chi connectivity index (χ2n) is 14.1. The van der Waals surface area contributed by atoms with E-state index in [-0.39, 0.29) is 0 Å². The van der Waals surface area contributed by atoms with Crippen molar-refractivity contribution in [3.63, 3.8) is 0 Å². The molecule has 0 saturated heterocycles. The molecule has 0 bridgehead atoms. The maximum absolute atomic E-state index is 5.07. The number of pyridine rings is 3. The van der Waals surface area contributed by atoms with Gasteiger partial charge >= 0.3 is 0 Å². The maximum Gasteiger partial charge on any atom is 0.145 e. The molecule has 0 aliphatic rings. The van der Waals surface area contributed by atoms with Crippen LogP contribution in [0.5, 0.6) is 0 Å². The highest BCUT2D eigenvalue weighted by molar-refractivity contribution is 6.11. The Morgan fingerprint density at radius 2 is 0.911 bits per heavy atom. The third-order valence-electron chi connectivity index (χ3n) is 10.8. The number of hydrogen-bond acceptors (Lipinski definition) is 3. The van der Waals surface area contributed by atoms with E-state index in [1.807, 2.05) is 42.7 Å². The number of fused-ring (bicyclic) bond motifs is 6. The Balaban J connectivity index is 1.08. The fourth-order valence-corrected chi connectivity index (χ4v) is 8.21. The second-order valence-corrected chi connectivity index (χ2v) is 14.1. The van der Waals surface area contributed by atoms with Crippen LogP contribution in [0.3, 0.4) is 0 Å². The quantitative estimate of drug-likeness (QED) is 0.172. The predicted octanol–water partition coefficient (Wildman–Crippen LogP) is 12.7. The maximum atomic E-state index is 5.07. The van der Waals surface area contributed by atoms with E-state index in [2.05, 4.69) is 172 Å². The van der Waals surface area contributed by atoms with Gasteiger partial charge in [0.15, 0.2) is 0 Å². The molecule has 0 fully saturated rings. The number of para-hydroxylation sites is 2. The van der Waals surface area contributed by atoms with Crippen LogP contribution in [0.25, 0.3) is 100 Å². The van der Waals surface area contributed by atoms with E-state index in [0.717, 1.165) is 83.9 Å². The molecule has 0 amide bonds. The lowest BCUT2D eigenvalue weighted by Crippen LogP contribution is -1.96. The van der Waals surface area contributed by atoms with Gasteiger partial charge in [-0.3, -0.25) is 9.55 Å². The molecule has 5 aromatic heterocycles. The molecule has 0 atom stereocenters. The molecule has 0 spiro atoms. The van der Waals surface area contributed by atoms with Gasteiger partial charge in [0.05, 0.1) is 33.6 Å². The smallest absolute Gasteiger partial charge is 0.145 e. The molecule has 262 valence electrons. The number of rotatable bonds is 6. The van der Waals surface area contributed by atoms with Gasteiger partial charge in [-0.2, -0.15) is 0 Å². The third-order valence-corrected chi connectivity index (χ3v) is 10.8. The number of nitrogens with zero attached hydrogens (tertiary/aromatic N) is 5. The molecule has 5 heteroatoms. The molecular weight excluding hydrogens is 683 g/mol. The Morgan fingerprint density at radius 3 is 1.71 bits per heavy atom. The topological polar surface area (TPSA) is 48.5 Å². The van der Waals surface area contributed by atoms with Gasteiger partial charge in [0.2, 0.25) is 0 Å². The van der Waals surface area contributed by atoms with Crippen molar-refractivity contribution in [3.8, 4) is 56.3 Å². The Kier molecular flexibility index (Phi) is 7.42. The molecule has 56 heavy (non-hydrogen) atoms. The average molecular weight is 716 g/mol. The lowest BCUT2D eigenvalue weighted by Gasteiger charge is -2.13. The van der Waals surface area contributed by atoms with Gasteiger partial charge in [-0.1, -0.05) is 109 Å². The Morgan fingerprint density at radius 1 is 0.304 bits per heavy atom. The van der Waals surface area contributed by atoms with Crippen LogP contribution in [-0.4, -0.2) is 24.1 Å². The highest BCUT2D eigenvalue weighted by Crippen LogP contribution is 2.39. The van der Waals surface area contributed by atoms with Crippen molar-refractivity contribution < 1.29 is 0 Å². The summed E-state index contributed by atoms with van der Waals surface area (Å²) in [5.41, 5.74) is 14.7. The number of hydrogen-bond donors (Lipinski definition) is 0. The van der Waals surface area contributed by atoms with E-state index in [1.165, 1.54) is 16.2 Å². The minimum absolute atomic E-state index is 0.841. The molecule has 11 aromatic rings. The molecule has 0 saturated carbocycles. The van der Waals surface area contributed by atoms with E-state index in [4.69, 9.17) is 9.97 Å². The molecule has 0 unspecified atom stereocenters. The van der Waals surface area contributed by atoms with Crippen LogP contribution in [0.4, 0.5) is 0 Å². The molecule has 0 aliphatic heterocycles. The fraction of sp³-hybridized carbons (Fsp3) is 0. The fourth-order valence-electron chi connectivity index (χ4n) is 8.21. The summed E-state index contributed by atoms with van der Waals surface area (Å²) in [6.45, 7) is 0. The lowest BCUT2D eigenvalue weighted by molar-refractivity contribution is 1.14. The minimum atomic E-state index is 0.841. The first-order chi connectivity index (χ1) is 27.8. The molecule has 5 nitrogen and oxygen atoms in total.